The van der Waals surface area contributed by atoms with Crippen LogP contribution in [-0.2, 0) is 9.47 Å². The third kappa shape index (κ3) is 4.72. The third-order valence-electron chi connectivity index (χ3n) is 5.64. The van der Waals surface area contributed by atoms with E-state index < -0.39 is 5.60 Å². The van der Waals surface area contributed by atoms with Crippen LogP contribution >= 0.6 is 0 Å². The van der Waals surface area contributed by atoms with E-state index in [0.717, 1.165) is 60.9 Å². The van der Waals surface area contributed by atoms with Crippen LogP contribution in [0.4, 0.5) is 4.79 Å². The predicted molar refractivity (Wildman–Crippen MR) is 115 cm³/mol. The minimum absolute atomic E-state index is 0.0100. The fraction of sp³-hybridized carbons (Fsp3) is 0.652. The Morgan fingerprint density at radius 3 is 2.77 bits per heavy atom. The van der Waals surface area contributed by atoms with E-state index in [1.54, 1.807) is 4.90 Å². The molecule has 7 heteroatoms. The van der Waals surface area contributed by atoms with Crippen LogP contribution < -0.4 is 4.74 Å². The number of amides is 1. The molecular formula is C23H33N3O4. The van der Waals surface area contributed by atoms with Gasteiger partial charge >= 0.3 is 6.09 Å². The van der Waals surface area contributed by atoms with Gasteiger partial charge in [-0.25, -0.2) is 9.48 Å². The van der Waals surface area contributed by atoms with E-state index in [-0.39, 0.29) is 18.4 Å². The summed E-state index contributed by atoms with van der Waals surface area (Å²) >= 11 is 0. The monoisotopic (exact) mass is 415 g/mol. The quantitative estimate of drug-likeness (QED) is 0.719. The number of ether oxygens (including phenoxy) is 3. The summed E-state index contributed by atoms with van der Waals surface area (Å²) < 4.78 is 19.8. The maximum atomic E-state index is 12.5. The van der Waals surface area contributed by atoms with Gasteiger partial charge in [-0.3, -0.25) is 0 Å². The molecule has 30 heavy (non-hydrogen) atoms. The van der Waals surface area contributed by atoms with E-state index >= 15 is 0 Å². The second-order valence-electron chi connectivity index (χ2n) is 9.40. The highest BCUT2D eigenvalue weighted by molar-refractivity contribution is 5.81. The molecule has 2 aromatic rings. The van der Waals surface area contributed by atoms with E-state index in [4.69, 9.17) is 14.2 Å². The molecule has 1 aromatic carbocycles. The van der Waals surface area contributed by atoms with Crippen LogP contribution in [0.2, 0.25) is 0 Å². The molecule has 1 aromatic heterocycles. The number of rotatable bonds is 3. The Bertz CT molecular complexity index is 896. The first-order chi connectivity index (χ1) is 14.3. The lowest BCUT2D eigenvalue weighted by atomic mass is 10.1. The average Bonchev–Trinajstić information content (AvgIpc) is 3.10. The maximum Gasteiger partial charge on any atom is 0.410 e. The van der Waals surface area contributed by atoms with Crippen LogP contribution in [0.1, 0.15) is 64.7 Å². The van der Waals surface area contributed by atoms with Crippen molar-refractivity contribution >= 4 is 17.0 Å². The van der Waals surface area contributed by atoms with Crippen molar-refractivity contribution in [2.75, 3.05) is 19.7 Å². The number of nitrogens with zero attached hydrogens (tertiary/aromatic N) is 3. The van der Waals surface area contributed by atoms with Crippen LogP contribution in [-0.4, -0.2) is 52.2 Å². The molecule has 0 unspecified atom stereocenters. The first-order valence-corrected chi connectivity index (χ1v) is 11.0. The molecule has 2 atom stereocenters. The van der Waals surface area contributed by atoms with Crippen molar-refractivity contribution in [1.29, 1.82) is 0 Å². The molecule has 1 amide bonds. The van der Waals surface area contributed by atoms with Crippen molar-refractivity contribution in [2.45, 2.75) is 77.7 Å². The zero-order valence-corrected chi connectivity index (χ0v) is 18.5. The Morgan fingerprint density at radius 2 is 2.03 bits per heavy atom. The standard InChI is InChI=1S/C23H33N3O4/c1-16-12-17-14-24-26(21-9-5-6-11-28-21)19(17)13-20(16)29-18-8-7-10-25(15-18)22(27)30-23(2,3)4/h12-14,18,21H,5-11,15H2,1-4H3/t18-,21-/m1/s1. The molecule has 3 heterocycles. The number of likely N-dealkylation sites (tertiary alicyclic amines) is 1. The van der Waals surface area contributed by atoms with Crippen molar-refractivity contribution in [1.82, 2.24) is 14.7 Å². The average molecular weight is 416 g/mol. The molecule has 2 saturated heterocycles. The molecule has 0 N–H and O–H groups in total. The molecular weight excluding hydrogens is 382 g/mol. The summed E-state index contributed by atoms with van der Waals surface area (Å²) in [5, 5.41) is 5.67. The van der Waals surface area contributed by atoms with Gasteiger partial charge in [0.1, 0.15) is 17.5 Å². The van der Waals surface area contributed by atoms with E-state index in [9.17, 15) is 4.79 Å². The fourth-order valence-electron chi connectivity index (χ4n) is 4.17. The summed E-state index contributed by atoms with van der Waals surface area (Å²) in [5.74, 6) is 0.844. The van der Waals surface area contributed by atoms with Crippen LogP contribution in [0, 0.1) is 6.92 Å². The van der Waals surface area contributed by atoms with Crippen LogP contribution in [0.25, 0.3) is 10.9 Å². The number of carbonyl (C=O) groups is 1. The highest BCUT2D eigenvalue weighted by atomic mass is 16.6. The van der Waals surface area contributed by atoms with Crippen molar-refractivity contribution in [2.24, 2.45) is 0 Å². The van der Waals surface area contributed by atoms with Gasteiger partial charge in [-0.15, -0.1) is 0 Å². The van der Waals surface area contributed by atoms with E-state index in [1.807, 2.05) is 31.6 Å². The molecule has 0 radical (unpaired) electrons. The molecule has 2 aliphatic heterocycles. The Labute approximate surface area is 178 Å². The maximum absolute atomic E-state index is 12.5. The van der Waals surface area contributed by atoms with Gasteiger partial charge in [-0.1, -0.05) is 0 Å². The molecule has 4 rings (SSSR count). The van der Waals surface area contributed by atoms with E-state index in [2.05, 4.69) is 24.2 Å². The number of piperidine rings is 1. The normalized spacial score (nSPS) is 22.9. The fourth-order valence-corrected chi connectivity index (χ4v) is 4.17. The van der Waals surface area contributed by atoms with Crippen molar-refractivity contribution in [3.63, 3.8) is 0 Å². The summed E-state index contributed by atoms with van der Waals surface area (Å²) in [6.07, 6.45) is 6.64. The lowest BCUT2D eigenvalue weighted by Gasteiger charge is -2.34. The Kier molecular flexibility index (Phi) is 5.91. The molecule has 2 fully saturated rings. The number of aromatic nitrogens is 2. The van der Waals surface area contributed by atoms with Gasteiger partial charge in [-0.05, 0) is 71.4 Å². The Morgan fingerprint density at radius 1 is 1.20 bits per heavy atom. The largest absolute Gasteiger partial charge is 0.488 e. The molecule has 0 bridgehead atoms. The van der Waals surface area contributed by atoms with Gasteiger partial charge in [0, 0.05) is 24.6 Å². The highest BCUT2D eigenvalue weighted by Gasteiger charge is 2.29. The third-order valence-corrected chi connectivity index (χ3v) is 5.64. The SMILES string of the molecule is Cc1cc2cnn([C@H]3CCCCO3)c2cc1O[C@@H]1CCCN(C(=O)OC(C)(C)C)C1. The van der Waals surface area contributed by atoms with Gasteiger partial charge < -0.3 is 19.1 Å². The van der Waals surface area contributed by atoms with Crippen LogP contribution in [0.5, 0.6) is 5.75 Å². The van der Waals surface area contributed by atoms with Gasteiger partial charge in [0.25, 0.3) is 0 Å². The smallest absolute Gasteiger partial charge is 0.410 e. The lowest BCUT2D eigenvalue weighted by Crippen LogP contribution is -2.46. The van der Waals surface area contributed by atoms with E-state index in [1.165, 1.54) is 0 Å². The van der Waals surface area contributed by atoms with Gasteiger partial charge in [-0.2, -0.15) is 5.10 Å². The summed E-state index contributed by atoms with van der Waals surface area (Å²) in [6, 6.07) is 4.19. The number of fused-ring (bicyclic) bond motifs is 1. The van der Waals surface area contributed by atoms with Crippen LogP contribution in [0.3, 0.4) is 0 Å². The van der Waals surface area contributed by atoms with Gasteiger partial charge in [0.05, 0.1) is 18.3 Å². The number of hydrogen-bond acceptors (Lipinski definition) is 5. The zero-order chi connectivity index (χ0) is 21.3. The lowest BCUT2D eigenvalue weighted by molar-refractivity contribution is -0.0367. The minimum atomic E-state index is -0.494. The molecule has 7 nitrogen and oxygen atoms in total. The second kappa shape index (κ2) is 8.46. The second-order valence-corrected chi connectivity index (χ2v) is 9.40. The predicted octanol–water partition coefficient (Wildman–Crippen LogP) is 4.82. The molecule has 0 saturated carbocycles. The van der Waals surface area contributed by atoms with Gasteiger partial charge in [0.2, 0.25) is 0 Å². The summed E-state index contributed by atoms with van der Waals surface area (Å²) in [4.78, 5) is 14.2. The topological polar surface area (TPSA) is 65.8 Å². The summed E-state index contributed by atoms with van der Waals surface area (Å²) in [6.45, 7) is 9.75. The number of carbonyl (C=O) groups excluding carboxylic acids is 1. The zero-order valence-electron chi connectivity index (χ0n) is 18.5. The summed E-state index contributed by atoms with van der Waals surface area (Å²) in [5.41, 5.74) is 1.61. The number of benzene rings is 1. The molecule has 0 aliphatic carbocycles. The molecule has 0 spiro atoms. The highest BCUT2D eigenvalue weighted by Crippen LogP contribution is 2.31. The Hall–Kier alpha value is -2.28. The van der Waals surface area contributed by atoms with Crippen LogP contribution in [0.15, 0.2) is 18.3 Å². The number of hydrogen-bond donors (Lipinski definition) is 0. The Balaban J connectivity index is 1.50. The van der Waals surface area contributed by atoms with Gasteiger partial charge in [0.15, 0.2) is 6.23 Å². The molecule has 164 valence electrons. The molecule has 2 aliphatic rings. The first-order valence-electron chi connectivity index (χ1n) is 11.0. The minimum Gasteiger partial charge on any atom is -0.488 e. The number of aryl methyl sites for hydroxylation is 1. The van der Waals surface area contributed by atoms with Crippen molar-refractivity contribution in [3.05, 3.63) is 23.9 Å². The van der Waals surface area contributed by atoms with Crippen molar-refractivity contribution in [3.8, 4) is 5.75 Å². The first kappa shape index (κ1) is 21.0. The van der Waals surface area contributed by atoms with E-state index in [0.29, 0.717) is 13.1 Å². The summed E-state index contributed by atoms with van der Waals surface area (Å²) in [7, 11) is 0. The van der Waals surface area contributed by atoms with Crippen molar-refractivity contribution < 1.29 is 19.0 Å².